The van der Waals surface area contributed by atoms with Gasteiger partial charge in [-0.25, -0.2) is 0 Å². The van der Waals surface area contributed by atoms with E-state index in [0.717, 1.165) is 11.4 Å². The monoisotopic (exact) mass is 859 g/mol. The number of thiophene rings is 1. The van der Waals surface area contributed by atoms with Gasteiger partial charge in [0.15, 0.2) is 0 Å². The summed E-state index contributed by atoms with van der Waals surface area (Å²) in [7, 11) is 0. The van der Waals surface area contributed by atoms with Crippen molar-refractivity contribution in [1.82, 2.24) is 0 Å². The molecule has 0 bridgehead atoms. The molecule has 1 heterocycles. The first-order valence-corrected chi connectivity index (χ1v) is 23.8. The number of anilines is 3. The second-order valence-corrected chi connectivity index (χ2v) is 19.5. The average Bonchev–Trinajstić information content (AvgIpc) is 3.98. The van der Waals surface area contributed by atoms with Crippen molar-refractivity contribution >= 4 is 48.6 Å². The third kappa shape index (κ3) is 5.65. The molecule has 2 heteroatoms. The zero-order chi connectivity index (χ0) is 44.0. The van der Waals surface area contributed by atoms with E-state index in [1.807, 2.05) is 11.3 Å². The van der Waals surface area contributed by atoms with Crippen LogP contribution in [-0.2, 0) is 10.8 Å². The summed E-state index contributed by atoms with van der Waals surface area (Å²) in [6, 6.07) is 88.4. The first-order chi connectivity index (χ1) is 32.5. The molecule has 10 aromatic carbocycles. The molecule has 0 atom stereocenters. The van der Waals surface area contributed by atoms with Crippen LogP contribution in [0.4, 0.5) is 17.1 Å². The van der Waals surface area contributed by atoms with Gasteiger partial charge < -0.3 is 4.90 Å². The quantitative estimate of drug-likeness (QED) is 0.154. The number of rotatable bonds is 7. The lowest BCUT2D eigenvalue weighted by Crippen LogP contribution is -2.28. The third-order valence-electron chi connectivity index (χ3n) is 14.5. The predicted octanol–water partition coefficient (Wildman–Crippen LogP) is 17.5. The van der Waals surface area contributed by atoms with Crippen molar-refractivity contribution in [2.75, 3.05) is 4.90 Å². The molecule has 1 nitrogen and oxygen atoms in total. The molecule has 66 heavy (non-hydrogen) atoms. The van der Waals surface area contributed by atoms with Crippen molar-refractivity contribution in [3.05, 3.63) is 270 Å². The highest BCUT2D eigenvalue weighted by Crippen LogP contribution is 2.63. The topological polar surface area (TPSA) is 3.24 Å². The number of nitrogens with zero attached hydrogens (tertiary/aromatic N) is 1. The first kappa shape index (κ1) is 38.7. The lowest BCUT2D eigenvalue weighted by molar-refractivity contribution is 0.660. The Bertz CT molecular complexity index is 3600. The minimum Gasteiger partial charge on any atom is -0.309 e. The van der Waals surface area contributed by atoms with E-state index in [0.29, 0.717) is 0 Å². The summed E-state index contributed by atoms with van der Waals surface area (Å²) >= 11 is 1.91. The Hall–Kier alpha value is -7.78. The van der Waals surface area contributed by atoms with Crippen LogP contribution in [0.5, 0.6) is 0 Å². The Morgan fingerprint density at radius 2 is 0.879 bits per heavy atom. The van der Waals surface area contributed by atoms with Gasteiger partial charge in [0, 0.05) is 42.5 Å². The number of benzene rings is 10. The molecule has 2 aliphatic carbocycles. The summed E-state index contributed by atoms with van der Waals surface area (Å²) in [5.74, 6) is 0. The molecule has 0 aliphatic heterocycles. The van der Waals surface area contributed by atoms with Crippen molar-refractivity contribution in [2.24, 2.45) is 0 Å². The van der Waals surface area contributed by atoms with Crippen molar-refractivity contribution in [1.29, 1.82) is 0 Å². The third-order valence-corrected chi connectivity index (χ3v) is 15.7. The van der Waals surface area contributed by atoms with E-state index in [-0.39, 0.29) is 5.41 Å². The second-order valence-electron chi connectivity index (χ2n) is 18.4. The van der Waals surface area contributed by atoms with Crippen LogP contribution in [0.15, 0.2) is 237 Å². The summed E-state index contributed by atoms with van der Waals surface area (Å²) in [5.41, 5.74) is 20.6. The van der Waals surface area contributed by atoms with Gasteiger partial charge in [-0.05, 0) is 115 Å². The molecule has 2 aliphatic rings. The minimum atomic E-state index is -0.576. The molecule has 0 spiro atoms. The van der Waals surface area contributed by atoms with Gasteiger partial charge in [0.2, 0.25) is 0 Å². The van der Waals surface area contributed by atoms with Crippen LogP contribution in [0.1, 0.15) is 47.2 Å². The average molecular weight is 860 g/mol. The summed E-state index contributed by atoms with van der Waals surface area (Å²) in [6.45, 7) is 4.78. The molecule has 0 amide bonds. The van der Waals surface area contributed by atoms with E-state index in [2.05, 4.69) is 255 Å². The Morgan fingerprint density at radius 1 is 0.364 bits per heavy atom. The van der Waals surface area contributed by atoms with Crippen molar-refractivity contribution < 1.29 is 0 Å². The van der Waals surface area contributed by atoms with Crippen LogP contribution in [-0.4, -0.2) is 0 Å². The van der Waals surface area contributed by atoms with Crippen molar-refractivity contribution in [2.45, 2.75) is 24.7 Å². The summed E-state index contributed by atoms with van der Waals surface area (Å²) < 4.78 is 2.55. The molecule has 13 rings (SSSR count). The summed E-state index contributed by atoms with van der Waals surface area (Å²) in [4.78, 5) is 2.61. The van der Waals surface area contributed by atoms with E-state index >= 15 is 0 Å². The maximum atomic E-state index is 2.61. The van der Waals surface area contributed by atoms with Crippen LogP contribution in [0, 0.1) is 0 Å². The van der Waals surface area contributed by atoms with Crippen LogP contribution in [0.2, 0.25) is 0 Å². The second kappa shape index (κ2) is 14.9. The molecule has 312 valence electrons. The van der Waals surface area contributed by atoms with Crippen molar-refractivity contribution in [3.8, 4) is 44.5 Å². The molecule has 0 unspecified atom stereocenters. The Labute approximate surface area is 390 Å². The van der Waals surface area contributed by atoms with Gasteiger partial charge >= 0.3 is 0 Å². The summed E-state index contributed by atoms with van der Waals surface area (Å²) in [5, 5.41) is 2.54. The van der Waals surface area contributed by atoms with Gasteiger partial charge in [-0.1, -0.05) is 208 Å². The lowest BCUT2D eigenvalue weighted by atomic mass is 9.67. The van der Waals surface area contributed by atoms with E-state index in [4.69, 9.17) is 0 Å². The zero-order valence-electron chi connectivity index (χ0n) is 36.9. The molecule has 1 aromatic heterocycles. The Kier molecular flexibility index (Phi) is 8.72. The van der Waals surface area contributed by atoms with Crippen molar-refractivity contribution in [3.63, 3.8) is 0 Å². The highest BCUT2D eigenvalue weighted by molar-refractivity contribution is 7.26. The number of hydrogen-bond acceptors (Lipinski definition) is 2. The van der Waals surface area contributed by atoms with Gasteiger partial charge in [-0.3, -0.25) is 0 Å². The fraction of sp³-hybridized carbons (Fsp3) is 0.0625. The molecular formula is C64H45NS. The fourth-order valence-corrected chi connectivity index (χ4v) is 12.7. The maximum Gasteiger partial charge on any atom is 0.0714 e. The highest BCUT2D eigenvalue weighted by atomic mass is 32.1. The van der Waals surface area contributed by atoms with E-state index in [1.54, 1.807) is 0 Å². The van der Waals surface area contributed by atoms with E-state index in [1.165, 1.54) is 104 Å². The van der Waals surface area contributed by atoms with Gasteiger partial charge in [0.25, 0.3) is 0 Å². The standard InChI is InChI=1S/C64H45NS/c1-63(2)54-29-17-15-27-50(54)51-37-36-49(40-56(51)63)65(48-34-31-44(32-35-48)42-19-7-3-8-20-42)62-60-52-28-16-18-30-55(52)64(46-23-11-5-12-24-46,47-25-13-6-14-26-47)57(60)41-59-61(62)53-39-45(33-38-58(53)66-59)43-21-9-4-10-22-43/h3-41H,1-2H3. The fourth-order valence-electron chi connectivity index (χ4n) is 11.5. The minimum absolute atomic E-state index is 0.180. The van der Waals surface area contributed by atoms with Gasteiger partial charge in [-0.2, -0.15) is 0 Å². The lowest BCUT2D eigenvalue weighted by Gasteiger charge is -2.35. The predicted molar refractivity (Wildman–Crippen MR) is 280 cm³/mol. The molecule has 0 saturated carbocycles. The highest BCUT2D eigenvalue weighted by Gasteiger charge is 2.48. The van der Waals surface area contributed by atoms with Gasteiger partial charge in [0.1, 0.15) is 0 Å². The Balaban J connectivity index is 1.19. The number of hydrogen-bond donors (Lipinski definition) is 0. The first-order valence-electron chi connectivity index (χ1n) is 23.0. The zero-order valence-corrected chi connectivity index (χ0v) is 37.7. The summed E-state index contributed by atoms with van der Waals surface area (Å²) in [6.07, 6.45) is 0. The molecule has 11 aromatic rings. The molecule has 0 saturated heterocycles. The van der Waals surface area contributed by atoms with Crippen LogP contribution in [0.25, 0.3) is 64.7 Å². The molecule has 0 fully saturated rings. The van der Waals surface area contributed by atoms with Crippen LogP contribution < -0.4 is 4.90 Å². The maximum absolute atomic E-state index is 2.61. The van der Waals surface area contributed by atoms with Gasteiger partial charge in [-0.15, -0.1) is 11.3 Å². The SMILES string of the molecule is CC1(C)c2ccccc2-c2ccc(N(c3ccc(-c4ccccc4)cc3)c3c4c(cc5sc6ccc(-c7ccccc7)cc6c35)C(c3ccccc3)(c3ccccc3)c3ccccc3-4)cc21. The largest absolute Gasteiger partial charge is 0.309 e. The molecular weight excluding hydrogens is 815 g/mol. The van der Waals surface area contributed by atoms with Crippen LogP contribution in [0.3, 0.4) is 0 Å². The van der Waals surface area contributed by atoms with Crippen LogP contribution >= 0.6 is 11.3 Å². The van der Waals surface area contributed by atoms with E-state index < -0.39 is 5.41 Å². The normalized spacial score (nSPS) is 13.8. The molecule has 0 N–H and O–H groups in total. The Morgan fingerprint density at radius 3 is 1.55 bits per heavy atom. The molecule has 0 radical (unpaired) electrons. The van der Waals surface area contributed by atoms with E-state index in [9.17, 15) is 0 Å². The van der Waals surface area contributed by atoms with Gasteiger partial charge in [0.05, 0.1) is 11.1 Å². The smallest absolute Gasteiger partial charge is 0.0714 e. The number of fused-ring (bicyclic) bond motifs is 9.